The second-order valence-corrected chi connectivity index (χ2v) is 6.21. The van der Waals surface area contributed by atoms with Crippen molar-refractivity contribution in [3.8, 4) is 0 Å². The maximum Gasteiger partial charge on any atom is 0.126 e. The average molecular weight is 261 g/mol. The maximum absolute atomic E-state index is 14.1. The molecule has 1 aromatic carbocycles. The molecule has 19 heavy (non-hydrogen) atoms. The van der Waals surface area contributed by atoms with E-state index in [0.29, 0.717) is 17.9 Å². The van der Waals surface area contributed by atoms with Gasteiger partial charge in [0.15, 0.2) is 0 Å². The largest absolute Gasteiger partial charge is 0.313 e. The molecule has 0 saturated heterocycles. The van der Waals surface area contributed by atoms with E-state index in [1.165, 1.54) is 44.9 Å². The first-order valence-electron chi connectivity index (χ1n) is 7.82. The fraction of sp³-hybridized carbons (Fsp3) is 0.647. The molecule has 0 aromatic heterocycles. The van der Waals surface area contributed by atoms with Crippen LogP contribution < -0.4 is 5.32 Å². The molecule has 1 atom stereocenters. The van der Waals surface area contributed by atoms with Crippen LogP contribution in [0, 0.1) is 11.7 Å². The molecule has 0 heterocycles. The number of nitrogens with one attached hydrogen (secondary N) is 1. The Labute approximate surface area is 115 Å². The van der Waals surface area contributed by atoms with Gasteiger partial charge in [-0.05, 0) is 43.2 Å². The topological polar surface area (TPSA) is 12.0 Å². The van der Waals surface area contributed by atoms with Gasteiger partial charge in [0.2, 0.25) is 0 Å². The van der Waals surface area contributed by atoms with Crippen molar-refractivity contribution in [1.29, 1.82) is 0 Å². The molecule has 0 aliphatic heterocycles. The first-order valence-corrected chi connectivity index (χ1v) is 7.82. The molecule has 0 bridgehead atoms. The normalized spacial score (nSPS) is 22.4. The van der Waals surface area contributed by atoms with Crippen LogP contribution in [0.25, 0.3) is 0 Å². The van der Waals surface area contributed by atoms with Crippen molar-refractivity contribution in [2.24, 2.45) is 5.92 Å². The highest BCUT2D eigenvalue weighted by Crippen LogP contribution is 2.37. The van der Waals surface area contributed by atoms with Crippen LogP contribution in [0.1, 0.15) is 56.4 Å². The van der Waals surface area contributed by atoms with Crippen molar-refractivity contribution in [2.75, 3.05) is 6.54 Å². The fourth-order valence-corrected chi connectivity index (χ4v) is 3.42. The lowest BCUT2D eigenvalue weighted by molar-refractivity contribution is 0.292. The zero-order valence-corrected chi connectivity index (χ0v) is 11.6. The van der Waals surface area contributed by atoms with E-state index in [1.807, 2.05) is 12.1 Å². The van der Waals surface area contributed by atoms with Gasteiger partial charge in [-0.25, -0.2) is 4.39 Å². The van der Waals surface area contributed by atoms with Crippen molar-refractivity contribution >= 4 is 0 Å². The summed E-state index contributed by atoms with van der Waals surface area (Å²) in [5.74, 6) is 1.01. The Kier molecular flexibility index (Phi) is 4.17. The Morgan fingerprint density at radius 1 is 1.05 bits per heavy atom. The second kappa shape index (κ2) is 6.04. The summed E-state index contributed by atoms with van der Waals surface area (Å²) in [6.45, 7) is 0.955. The summed E-state index contributed by atoms with van der Waals surface area (Å²) in [6.07, 6.45) is 9.13. The molecule has 3 rings (SSSR count). The van der Waals surface area contributed by atoms with Crippen molar-refractivity contribution in [1.82, 2.24) is 5.32 Å². The monoisotopic (exact) mass is 261 g/mol. The van der Waals surface area contributed by atoms with Crippen LogP contribution in [0.15, 0.2) is 24.3 Å². The van der Waals surface area contributed by atoms with Crippen LogP contribution in [0.5, 0.6) is 0 Å². The number of hydrogen-bond donors (Lipinski definition) is 1. The number of rotatable bonds is 5. The highest BCUT2D eigenvalue weighted by atomic mass is 19.1. The minimum Gasteiger partial charge on any atom is -0.313 e. The van der Waals surface area contributed by atoms with Crippen LogP contribution in [0.3, 0.4) is 0 Å². The van der Waals surface area contributed by atoms with E-state index in [9.17, 15) is 4.39 Å². The first-order chi connectivity index (χ1) is 9.34. The second-order valence-electron chi connectivity index (χ2n) is 6.21. The van der Waals surface area contributed by atoms with Gasteiger partial charge in [0.25, 0.3) is 0 Å². The van der Waals surface area contributed by atoms with Crippen molar-refractivity contribution in [3.05, 3.63) is 35.6 Å². The van der Waals surface area contributed by atoms with E-state index < -0.39 is 0 Å². The van der Waals surface area contributed by atoms with Crippen molar-refractivity contribution in [3.63, 3.8) is 0 Å². The molecule has 104 valence electrons. The highest BCUT2D eigenvalue weighted by Gasteiger charge is 2.29. The third-order valence-corrected chi connectivity index (χ3v) is 4.73. The SMILES string of the molecule is Fc1ccccc1C(CNC1CC1)C1CCCCC1. The minimum absolute atomic E-state index is 0.0179. The zero-order chi connectivity index (χ0) is 13.1. The smallest absolute Gasteiger partial charge is 0.126 e. The van der Waals surface area contributed by atoms with Crippen molar-refractivity contribution in [2.45, 2.75) is 56.9 Å². The Morgan fingerprint density at radius 3 is 2.47 bits per heavy atom. The molecule has 1 unspecified atom stereocenters. The summed E-state index contributed by atoms with van der Waals surface area (Å²) in [7, 11) is 0. The van der Waals surface area contributed by atoms with E-state index in [4.69, 9.17) is 0 Å². The van der Waals surface area contributed by atoms with Gasteiger partial charge in [-0.2, -0.15) is 0 Å². The van der Waals surface area contributed by atoms with E-state index >= 15 is 0 Å². The van der Waals surface area contributed by atoms with Gasteiger partial charge in [-0.1, -0.05) is 37.5 Å². The molecule has 1 aromatic rings. The minimum atomic E-state index is -0.0179. The molecule has 0 amide bonds. The predicted molar refractivity (Wildman–Crippen MR) is 76.7 cm³/mol. The zero-order valence-electron chi connectivity index (χ0n) is 11.6. The molecule has 2 aliphatic carbocycles. The third kappa shape index (κ3) is 3.36. The van der Waals surface area contributed by atoms with Gasteiger partial charge >= 0.3 is 0 Å². The van der Waals surface area contributed by atoms with E-state index in [1.54, 1.807) is 12.1 Å². The lowest BCUT2D eigenvalue weighted by atomic mass is 9.76. The number of benzene rings is 1. The Balaban J connectivity index is 1.75. The molecular formula is C17H24FN. The fourth-order valence-electron chi connectivity index (χ4n) is 3.42. The van der Waals surface area contributed by atoms with Crippen LogP contribution in [-0.4, -0.2) is 12.6 Å². The average Bonchev–Trinajstić information content (AvgIpc) is 3.26. The first kappa shape index (κ1) is 13.1. The van der Waals surface area contributed by atoms with Gasteiger partial charge in [0.05, 0.1) is 0 Å². The van der Waals surface area contributed by atoms with Crippen LogP contribution in [-0.2, 0) is 0 Å². The number of halogens is 1. The summed E-state index contributed by atoms with van der Waals surface area (Å²) in [6, 6.07) is 8.08. The molecule has 2 saturated carbocycles. The maximum atomic E-state index is 14.1. The lowest BCUT2D eigenvalue weighted by Crippen LogP contribution is -2.29. The summed E-state index contributed by atoms with van der Waals surface area (Å²) in [4.78, 5) is 0. The summed E-state index contributed by atoms with van der Waals surface area (Å²) < 4.78 is 14.1. The molecule has 0 spiro atoms. The lowest BCUT2D eigenvalue weighted by Gasteiger charge is -2.31. The van der Waals surface area contributed by atoms with Gasteiger partial charge < -0.3 is 5.32 Å². The molecule has 2 heteroatoms. The summed E-state index contributed by atoms with van der Waals surface area (Å²) >= 11 is 0. The quantitative estimate of drug-likeness (QED) is 0.836. The van der Waals surface area contributed by atoms with Gasteiger partial charge in [-0.3, -0.25) is 0 Å². The Bertz CT molecular complexity index is 407. The van der Waals surface area contributed by atoms with E-state index in [-0.39, 0.29) is 5.82 Å². The van der Waals surface area contributed by atoms with Gasteiger partial charge in [0, 0.05) is 18.5 Å². The molecule has 1 nitrogen and oxygen atoms in total. The standard InChI is InChI=1S/C17H24FN/c18-17-9-5-4-8-15(17)16(12-19-14-10-11-14)13-6-2-1-3-7-13/h4-5,8-9,13-14,16,19H,1-3,6-7,10-12H2. The van der Waals surface area contributed by atoms with Crippen LogP contribution >= 0.6 is 0 Å². The summed E-state index contributed by atoms with van der Waals surface area (Å²) in [5.41, 5.74) is 0.933. The molecule has 2 fully saturated rings. The molecule has 0 radical (unpaired) electrons. The van der Waals surface area contributed by atoms with Crippen molar-refractivity contribution < 1.29 is 4.39 Å². The van der Waals surface area contributed by atoms with Crippen LogP contribution in [0.2, 0.25) is 0 Å². The molecule has 1 N–H and O–H groups in total. The predicted octanol–water partition coefficient (Wildman–Crippen LogP) is 4.24. The van der Waals surface area contributed by atoms with E-state index in [2.05, 4.69) is 5.32 Å². The van der Waals surface area contributed by atoms with Crippen LogP contribution in [0.4, 0.5) is 4.39 Å². The van der Waals surface area contributed by atoms with E-state index in [0.717, 1.165) is 12.1 Å². The number of hydrogen-bond acceptors (Lipinski definition) is 1. The highest BCUT2D eigenvalue weighted by molar-refractivity contribution is 5.23. The van der Waals surface area contributed by atoms with Gasteiger partial charge in [0.1, 0.15) is 5.82 Å². The third-order valence-electron chi connectivity index (χ3n) is 4.73. The van der Waals surface area contributed by atoms with Gasteiger partial charge in [-0.15, -0.1) is 0 Å². The Morgan fingerprint density at radius 2 is 1.79 bits per heavy atom. The Hall–Kier alpha value is -0.890. The molecular weight excluding hydrogens is 237 g/mol. The molecule has 2 aliphatic rings. The summed E-state index contributed by atoms with van der Waals surface area (Å²) in [5, 5.41) is 3.61.